The van der Waals surface area contributed by atoms with Gasteiger partial charge in [0, 0.05) is 0 Å². The van der Waals surface area contributed by atoms with Gasteiger partial charge < -0.3 is 0 Å². The third-order valence-corrected chi connectivity index (χ3v) is 4.76. The van der Waals surface area contributed by atoms with Gasteiger partial charge in [-0.15, -0.1) is 0 Å². The summed E-state index contributed by atoms with van der Waals surface area (Å²) in [6.07, 6.45) is 0. The van der Waals surface area contributed by atoms with Crippen molar-refractivity contribution in [3.63, 3.8) is 0 Å². The van der Waals surface area contributed by atoms with Crippen molar-refractivity contribution in [1.29, 1.82) is 0 Å². The molecule has 1 unspecified atom stereocenters. The standard InChI is InChI=1S/C6H13O.Sn.H/c1-6(2,3)4-5-7;;/h4,7H,5H2,1-3H3;;. The molecule has 0 bridgehead atoms. The molecule has 0 aromatic rings. The molecule has 0 saturated carbocycles. The van der Waals surface area contributed by atoms with Crippen LogP contribution < -0.4 is 0 Å². The zero-order valence-electron chi connectivity index (χ0n) is 5.81. The second-order valence-electron chi connectivity index (χ2n) is 3.16. The van der Waals surface area contributed by atoms with Crippen LogP contribution in [-0.2, 0) is 0 Å². The molecule has 0 heterocycles. The second kappa shape index (κ2) is 3.06. The fourth-order valence-corrected chi connectivity index (χ4v) is 0.274. The fourth-order valence-electron chi connectivity index (χ4n) is 0.274. The van der Waals surface area contributed by atoms with E-state index in [0.29, 0.717) is 16.0 Å². The maximum atomic E-state index is 8.70. The van der Waals surface area contributed by atoms with Crippen molar-refractivity contribution in [2.45, 2.75) is 24.7 Å². The van der Waals surface area contributed by atoms with Crippen LogP contribution in [0, 0.1) is 5.41 Å². The summed E-state index contributed by atoms with van der Waals surface area (Å²) < 4.78 is 0.535. The van der Waals surface area contributed by atoms with Crippen molar-refractivity contribution < 1.29 is 5.11 Å². The Morgan fingerprint density at radius 1 is 1.50 bits per heavy atom. The van der Waals surface area contributed by atoms with E-state index in [2.05, 4.69) is 20.8 Å². The Morgan fingerprint density at radius 2 is 1.88 bits per heavy atom. The Hall–Kier alpha value is 0.759. The van der Waals surface area contributed by atoms with Crippen molar-refractivity contribution in [1.82, 2.24) is 0 Å². The van der Waals surface area contributed by atoms with Crippen LogP contribution >= 0.6 is 0 Å². The molecule has 0 rings (SSSR count). The third-order valence-electron chi connectivity index (χ3n) is 1.31. The van der Waals surface area contributed by atoms with Gasteiger partial charge in [0.15, 0.2) is 0 Å². The van der Waals surface area contributed by atoms with Crippen molar-refractivity contribution >= 4 is 22.5 Å². The first-order valence-electron chi connectivity index (χ1n) is 2.85. The summed E-state index contributed by atoms with van der Waals surface area (Å²) >= 11 is 1.16. The van der Waals surface area contributed by atoms with Crippen LogP contribution in [0.4, 0.5) is 0 Å². The molecule has 0 amide bonds. The van der Waals surface area contributed by atoms with Gasteiger partial charge in [0.1, 0.15) is 0 Å². The molecule has 2 radical (unpaired) electrons. The van der Waals surface area contributed by atoms with Gasteiger partial charge in [-0.3, -0.25) is 0 Å². The van der Waals surface area contributed by atoms with E-state index in [9.17, 15) is 0 Å². The molecule has 0 aromatic heterocycles. The third kappa shape index (κ3) is 2.92. The molecular weight excluding hydrogens is 207 g/mol. The molecule has 1 N–H and O–H groups in total. The van der Waals surface area contributed by atoms with Gasteiger partial charge >= 0.3 is 64.4 Å². The molecule has 1 nitrogen and oxygen atoms in total. The SMILES string of the molecule is CC(C)(C)[CH]([SnH])CO. The summed E-state index contributed by atoms with van der Waals surface area (Å²) in [7, 11) is 0. The van der Waals surface area contributed by atoms with Gasteiger partial charge in [0.25, 0.3) is 0 Å². The molecule has 0 aliphatic heterocycles. The van der Waals surface area contributed by atoms with Crippen LogP contribution in [0.1, 0.15) is 20.8 Å². The summed E-state index contributed by atoms with van der Waals surface area (Å²) in [5, 5.41) is 8.70. The number of aliphatic hydroxyl groups excluding tert-OH is 1. The van der Waals surface area contributed by atoms with Gasteiger partial charge in [-0.1, -0.05) is 0 Å². The van der Waals surface area contributed by atoms with Crippen LogP contribution in [0.25, 0.3) is 0 Å². The average Bonchev–Trinajstić information content (AvgIpc) is 1.62. The van der Waals surface area contributed by atoms with E-state index in [1.807, 2.05) is 0 Å². The van der Waals surface area contributed by atoms with E-state index in [1.165, 1.54) is 0 Å². The van der Waals surface area contributed by atoms with Gasteiger partial charge in [-0.2, -0.15) is 0 Å². The van der Waals surface area contributed by atoms with E-state index < -0.39 is 0 Å². The van der Waals surface area contributed by atoms with E-state index in [0.717, 1.165) is 22.5 Å². The minimum absolute atomic E-state index is 0.316. The van der Waals surface area contributed by atoms with Crippen molar-refractivity contribution in [2.75, 3.05) is 6.61 Å². The van der Waals surface area contributed by atoms with Crippen LogP contribution in [0.15, 0.2) is 0 Å². The number of aliphatic hydroxyl groups is 1. The quantitative estimate of drug-likeness (QED) is 0.646. The molecule has 0 aromatic carbocycles. The van der Waals surface area contributed by atoms with Crippen LogP contribution in [0.3, 0.4) is 0 Å². The molecule has 48 valence electrons. The molecule has 0 aliphatic rings. The van der Waals surface area contributed by atoms with Crippen LogP contribution in [0.2, 0.25) is 3.93 Å². The fraction of sp³-hybridized carbons (Fsp3) is 1.00. The predicted octanol–water partition coefficient (Wildman–Crippen LogP) is 0.714. The predicted molar refractivity (Wildman–Crippen MR) is 37.4 cm³/mol. The Balaban J connectivity index is 3.62. The minimum atomic E-state index is 0.316. The van der Waals surface area contributed by atoms with Crippen molar-refractivity contribution in [3.05, 3.63) is 0 Å². The average molecular weight is 221 g/mol. The maximum absolute atomic E-state index is 8.70. The Morgan fingerprint density at radius 3 is 1.88 bits per heavy atom. The summed E-state index contributed by atoms with van der Waals surface area (Å²) in [6.45, 7) is 6.85. The molecule has 0 aliphatic carbocycles. The Labute approximate surface area is 64.6 Å². The molecule has 8 heavy (non-hydrogen) atoms. The van der Waals surface area contributed by atoms with Crippen LogP contribution in [-0.4, -0.2) is 34.2 Å². The summed E-state index contributed by atoms with van der Waals surface area (Å²) in [5.41, 5.74) is 0.316. The normalized spacial score (nSPS) is 16.1. The number of hydrogen-bond acceptors (Lipinski definition) is 1. The van der Waals surface area contributed by atoms with E-state index in [1.54, 1.807) is 0 Å². The van der Waals surface area contributed by atoms with Gasteiger partial charge in [0.05, 0.1) is 0 Å². The van der Waals surface area contributed by atoms with Crippen molar-refractivity contribution in [2.24, 2.45) is 5.41 Å². The Kier molecular flexibility index (Phi) is 3.35. The molecule has 0 fully saturated rings. The Bertz CT molecular complexity index is 65.4. The topological polar surface area (TPSA) is 20.2 Å². The van der Waals surface area contributed by atoms with E-state index >= 15 is 0 Å². The van der Waals surface area contributed by atoms with Crippen LogP contribution in [0.5, 0.6) is 0 Å². The summed E-state index contributed by atoms with van der Waals surface area (Å²) in [6, 6.07) is 0. The van der Waals surface area contributed by atoms with E-state index in [-0.39, 0.29) is 0 Å². The monoisotopic (exact) mass is 222 g/mol. The second-order valence-corrected chi connectivity index (χ2v) is 5.45. The first-order valence-corrected chi connectivity index (χ1v) is 4.75. The van der Waals surface area contributed by atoms with E-state index in [4.69, 9.17) is 5.11 Å². The zero-order valence-corrected chi connectivity index (χ0v) is 9.10. The summed E-state index contributed by atoms with van der Waals surface area (Å²) in [5.74, 6) is 0. The van der Waals surface area contributed by atoms with Gasteiger partial charge in [-0.25, -0.2) is 0 Å². The van der Waals surface area contributed by atoms with Crippen molar-refractivity contribution in [3.8, 4) is 0 Å². The van der Waals surface area contributed by atoms with Gasteiger partial charge in [-0.05, 0) is 0 Å². The molecule has 0 saturated heterocycles. The number of rotatable bonds is 1. The molecular formula is C6H14OSn. The number of hydrogen-bond donors (Lipinski definition) is 1. The van der Waals surface area contributed by atoms with Gasteiger partial charge in [0.2, 0.25) is 0 Å². The summed E-state index contributed by atoms with van der Waals surface area (Å²) in [4.78, 5) is 0. The molecule has 0 spiro atoms. The molecule has 2 heteroatoms. The molecule has 1 atom stereocenters. The first-order chi connectivity index (χ1) is 3.48. The zero-order chi connectivity index (χ0) is 6.78. The first kappa shape index (κ1) is 8.76.